The van der Waals surface area contributed by atoms with Gasteiger partial charge in [0.1, 0.15) is 16.5 Å². The second-order valence-corrected chi connectivity index (χ2v) is 14.7. The van der Waals surface area contributed by atoms with Crippen molar-refractivity contribution in [2.45, 2.75) is 38.3 Å². The van der Waals surface area contributed by atoms with E-state index in [-0.39, 0.29) is 0 Å². The van der Waals surface area contributed by atoms with E-state index >= 15 is 0 Å². The molecule has 1 aliphatic rings. The van der Waals surface area contributed by atoms with Gasteiger partial charge in [-0.15, -0.1) is 6.42 Å². The molecular weight excluding hydrogens is 178 g/mol. The van der Waals surface area contributed by atoms with Gasteiger partial charge in [-0.1, -0.05) is 32.1 Å². The van der Waals surface area contributed by atoms with Gasteiger partial charge in [0, 0.05) is 6.54 Å². The van der Waals surface area contributed by atoms with Crippen molar-refractivity contribution in [2.24, 2.45) is 0 Å². The summed E-state index contributed by atoms with van der Waals surface area (Å²) in [5.41, 5.74) is 0. The summed E-state index contributed by atoms with van der Waals surface area (Å²) in [6.45, 7) is 10.7. The van der Waals surface area contributed by atoms with E-state index in [4.69, 9.17) is 6.42 Å². The molecule has 1 saturated heterocycles. The number of nitrogens with zero attached hydrogens (tertiary/aromatic N) is 1. The maximum atomic E-state index is 5.40. The van der Waals surface area contributed by atoms with E-state index in [1.54, 1.807) is 0 Å². The van der Waals surface area contributed by atoms with Crippen molar-refractivity contribution in [2.75, 3.05) is 6.54 Å². The van der Waals surface area contributed by atoms with Gasteiger partial charge >= 0.3 is 0 Å². The summed E-state index contributed by atoms with van der Waals surface area (Å²) in [6.07, 6.45) is 5.40. The maximum absolute atomic E-state index is 5.40. The standard InChI is InChI=1S/C9H19NSi2/c1-6-7-10-11(2,3)8-9-12(10,4)5/h1H,7-9H2,2-5H3. The topological polar surface area (TPSA) is 3.24 Å². The first-order chi connectivity index (χ1) is 5.40. The summed E-state index contributed by atoms with van der Waals surface area (Å²) >= 11 is 0. The van der Waals surface area contributed by atoms with Crippen LogP contribution in [0.2, 0.25) is 38.3 Å². The molecule has 12 heavy (non-hydrogen) atoms. The van der Waals surface area contributed by atoms with Crippen molar-refractivity contribution in [1.82, 2.24) is 4.23 Å². The Kier molecular flexibility index (Phi) is 2.53. The van der Waals surface area contributed by atoms with E-state index in [9.17, 15) is 0 Å². The van der Waals surface area contributed by atoms with Gasteiger partial charge in [-0.2, -0.15) is 0 Å². The van der Waals surface area contributed by atoms with E-state index in [1.165, 1.54) is 12.1 Å². The zero-order valence-corrected chi connectivity index (χ0v) is 10.6. The van der Waals surface area contributed by atoms with Crippen LogP contribution in [0.15, 0.2) is 0 Å². The Morgan fingerprint density at radius 3 is 1.92 bits per heavy atom. The molecule has 1 fully saturated rings. The minimum absolute atomic E-state index is 0.901. The van der Waals surface area contributed by atoms with Gasteiger partial charge in [0.25, 0.3) is 0 Å². The van der Waals surface area contributed by atoms with Gasteiger partial charge in [0.15, 0.2) is 0 Å². The summed E-state index contributed by atoms with van der Waals surface area (Å²) in [5.74, 6) is 2.82. The Hall–Kier alpha value is -0.0462. The third kappa shape index (κ3) is 1.66. The van der Waals surface area contributed by atoms with Crippen molar-refractivity contribution >= 4 is 16.5 Å². The molecule has 0 spiro atoms. The lowest BCUT2D eigenvalue weighted by molar-refractivity contribution is 0.715. The summed E-state index contributed by atoms with van der Waals surface area (Å²) in [5, 5.41) is 0. The van der Waals surface area contributed by atoms with Crippen molar-refractivity contribution in [3.63, 3.8) is 0 Å². The van der Waals surface area contributed by atoms with Gasteiger partial charge in [-0.05, 0) is 12.1 Å². The second kappa shape index (κ2) is 3.02. The number of rotatable bonds is 1. The minimum atomic E-state index is -1.07. The van der Waals surface area contributed by atoms with Crippen molar-refractivity contribution in [1.29, 1.82) is 0 Å². The van der Waals surface area contributed by atoms with Crippen LogP contribution in [0.25, 0.3) is 0 Å². The molecule has 0 aromatic carbocycles. The summed E-state index contributed by atoms with van der Waals surface area (Å²) < 4.78 is 2.71. The van der Waals surface area contributed by atoms with Crippen molar-refractivity contribution in [3.8, 4) is 12.3 Å². The Morgan fingerprint density at radius 1 is 1.17 bits per heavy atom. The molecule has 0 N–H and O–H groups in total. The van der Waals surface area contributed by atoms with Gasteiger partial charge < -0.3 is 4.23 Å². The number of hydrogen-bond acceptors (Lipinski definition) is 1. The van der Waals surface area contributed by atoms with Crippen LogP contribution in [0.4, 0.5) is 0 Å². The highest BCUT2D eigenvalue weighted by Crippen LogP contribution is 2.36. The molecule has 0 aromatic heterocycles. The molecule has 0 bridgehead atoms. The molecule has 1 heterocycles. The summed E-state index contributed by atoms with van der Waals surface area (Å²) in [7, 11) is -2.15. The fourth-order valence-corrected chi connectivity index (χ4v) is 15.9. The van der Waals surface area contributed by atoms with Crippen LogP contribution in [0.1, 0.15) is 0 Å². The van der Waals surface area contributed by atoms with Crippen LogP contribution in [0.5, 0.6) is 0 Å². The van der Waals surface area contributed by atoms with E-state index < -0.39 is 16.5 Å². The highest BCUT2D eigenvalue weighted by molar-refractivity contribution is 6.95. The van der Waals surface area contributed by atoms with Gasteiger partial charge in [-0.25, -0.2) is 0 Å². The predicted octanol–water partition coefficient (Wildman–Crippen LogP) is 2.35. The first kappa shape index (κ1) is 10.0. The summed E-state index contributed by atoms with van der Waals surface area (Å²) in [6, 6.07) is 2.90. The zero-order valence-electron chi connectivity index (χ0n) is 8.65. The van der Waals surface area contributed by atoms with Crippen LogP contribution >= 0.6 is 0 Å². The molecule has 1 nitrogen and oxygen atoms in total. The zero-order chi connectivity index (χ0) is 9.41. The lowest BCUT2D eigenvalue weighted by Crippen LogP contribution is -2.54. The Labute approximate surface area is 78.3 Å². The van der Waals surface area contributed by atoms with E-state index in [1.807, 2.05) is 0 Å². The molecule has 0 amide bonds. The smallest absolute Gasteiger partial charge is 0.116 e. The van der Waals surface area contributed by atoms with Gasteiger partial charge in [0.2, 0.25) is 0 Å². The van der Waals surface area contributed by atoms with E-state index in [0.717, 1.165) is 6.54 Å². The van der Waals surface area contributed by atoms with Gasteiger partial charge in [-0.3, -0.25) is 0 Å². The van der Waals surface area contributed by atoms with Crippen LogP contribution in [-0.2, 0) is 0 Å². The molecule has 68 valence electrons. The second-order valence-electron chi connectivity index (χ2n) is 4.92. The molecule has 0 unspecified atom stereocenters. The molecule has 0 aromatic rings. The largest absolute Gasteiger partial charge is 0.335 e. The van der Waals surface area contributed by atoms with Crippen molar-refractivity contribution < 1.29 is 0 Å². The molecule has 3 heteroatoms. The Balaban J connectivity index is 2.83. The van der Waals surface area contributed by atoms with Gasteiger partial charge in [0.05, 0.1) is 0 Å². The first-order valence-corrected chi connectivity index (χ1v) is 10.9. The minimum Gasteiger partial charge on any atom is -0.335 e. The first-order valence-electron chi connectivity index (χ1n) is 4.61. The molecule has 0 atom stereocenters. The average molecular weight is 197 g/mol. The molecular formula is C9H19NSi2. The highest BCUT2D eigenvalue weighted by Gasteiger charge is 2.46. The molecule has 1 rings (SSSR count). The Bertz CT molecular complexity index is 199. The SMILES string of the molecule is C#CCN1[Si](C)(C)CC[Si]1(C)C. The fourth-order valence-electron chi connectivity index (χ4n) is 2.22. The van der Waals surface area contributed by atoms with E-state index in [2.05, 4.69) is 36.3 Å². The monoisotopic (exact) mass is 197 g/mol. The number of terminal acetylenes is 1. The van der Waals surface area contributed by atoms with E-state index in [0.29, 0.717) is 0 Å². The van der Waals surface area contributed by atoms with Crippen molar-refractivity contribution in [3.05, 3.63) is 0 Å². The average Bonchev–Trinajstić information content (AvgIpc) is 2.13. The summed E-state index contributed by atoms with van der Waals surface area (Å²) in [4.78, 5) is 0. The Morgan fingerprint density at radius 2 is 1.58 bits per heavy atom. The highest BCUT2D eigenvalue weighted by atomic mass is 28.4. The fraction of sp³-hybridized carbons (Fsp3) is 0.778. The number of hydrogen-bond donors (Lipinski definition) is 0. The maximum Gasteiger partial charge on any atom is 0.116 e. The molecule has 0 saturated carbocycles. The molecule has 0 aliphatic carbocycles. The predicted molar refractivity (Wildman–Crippen MR) is 60.1 cm³/mol. The lowest BCUT2D eigenvalue weighted by Gasteiger charge is -2.37. The quantitative estimate of drug-likeness (QED) is 0.461. The molecule has 1 aliphatic heterocycles. The van der Waals surface area contributed by atoms with Crippen LogP contribution < -0.4 is 0 Å². The third-order valence-electron chi connectivity index (χ3n) is 3.06. The normalized spacial score (nSPS) is 26.9. The lowest BCUT2D eigenvalue weighted by atomic mass is 10.7. The molecule has 0 radical (unpaired) electrons. The van der Waals surface area contributed by atoms with Crippen LogP contribution in [0.3, 0.4) is 0 Å². The van der Waals surface area contributed by atoms with Crippen LogP contribution in [0, 0.1) is 12.3 Å². The third-order valence-corrected chi connectivity index (χ3v) is 13.4. The van der Waals surface area contributed by atoms with Crippen LogP contribution in [-0.4, -0.2) is 27.2 Å².